The Balaban J connectivity index is 1.54. The van der Waals surface area contributed by atoms with Gasteiger partial charge in [0.1, 0.15) is 23.9 Å². The normalized spacial score (nSPS) is 16.1. The van der Waals surface area contributed by atoms with Crippen LogP contribution in [0.4, 0.5) is 5.13 Å². The van der Waals surface area contributed by atoms with Gasteiger partial charge in [0, 0.05) is 21.4 Å². The number of aromatic nitrogens is 2. The molecule has 0 aliphatic carbocycles. The molecular formula is C30H23Cl2N3O5S2. The van der Waals surface area contributed by atoms with Gasteiger partial charge in [0.25, 0.3) is 5.78 Å². The number of aliphatic hydroxyl groups is 1. The second-order valence-electron chi connectivity index (χ2n) is 8.94. The lowest BCUT2D eigenvalue weighted by atomic mass is 9.95. The fourth-order valence-electron chi connectivity index (χ4n) is 4.32. The molecule has 3 aromatic carbocycles. The van der Waals surface area contributed by atoms with E-state index in [1.165, 1.54) is 23.8 Å². The van der Waals surface area contributed by atoms with Crippen molar-refractivity contribution in [2.75, 3.05) is 18.6 Å². The number of hydrogen-bond donors (Lipinski definition) is 1. The summed E-state index contributed by atoms with van der Waals surface area (Å²) in [5.74, 6) is -0.417. The van der Waals surface area contributed by atoms with Crippen LogP contribution in [-0.4, -0.2) is 40.7 Å². The number of carbonyl (C=O) groups is 2. The molecule has 1 aromatic heterocycles. The van der Waals surface area contributed by atoms with Crippen LogP contribution in [0.3, 0.4) is 0 Å². The Morgan fingerprint density at radius 1 is 1.10 bits per heavy atom. The minimum absolute atomic E-state index is 0.0802. The number of aliphatic hydroxyl groups excluding tert-OH is 1. The average Bonchev–Trinajstić information content (AvgIpc) is 3.57. The largest absolute Gasteiger partial charge is 0.507 e. The maximum atomic E-state index is 13.5. The second-order valence-corrected chi connectivity index (χ2v) is 12.0. The number of halogens is 2. The Labute approximate surface area is 260 Å². The Morgan fingerprint density at radius 3 is 2.60 bits per heavy atom. The zero-order valence-corrected chi connectivity index (χ0v) is 25.3. The lowest BCUT2D eigenvalue weighted by molar-refractivity contribution is -0.132. The summed E-state index contributed by atoms with van der Waals surface area (Å²) in [6.45, 7) is 3.94. The van der Waals surface area contributed by atoms with Crippen LogP contribution in [0.15, 0.2) is 89.3 Å². The Bertz CT molecular complexity index is 1690. The van der Waals surface area contributed by atoms with Crippen LogP contribution < -0.4 is 14.4 Å². The second kappa shape index (κ2) is 13.0. The molecule has 8 nitrogen and oxygen atoms in total. The van der Waals surface area contributed by atoms with Gasteiger partial charge in [-0.3, -0.25) is 14.5 Å². The third kappa shape index (κ3) is 6.17. The van der Waals surface area contributed by atoms with Crippen LogP contribution in [0.2, 0.25) is 10.0 Å². The first-order valence-corrected chi connectivity index (χ1v) is 15.1. The summed E-state index contributed by atoms with van der Waals surface area (Å²) in [4.78, 5) is 28.3. The number of benzene rings is 3. The Kier molecular flexibility index (Phi) is 9.18. The number of anilines is 1. The van der Waals surface area contributed by atoms with E-state index in [-0.39, 0.29) is 23.1 Å². The highest BCUT2D eigenvalue weighted by Gasteiger charge is 2.48. The van der Waals surface area contributed by atoms with E-state index in [0.717, 1.165) is 16.9 Å². The Hall–Kier alpha value is -3.83. The molecule has 1 fully saturated rings. The molecule has 4 aromatic rings. The van der Waals surface area contributed by atoms with Gasteiger partial charge in [-0.2, -0.15) is 0 Å². The summed E-state index contributed by atoms with van der Waals surface area (Å²) < 4.78 is 11.5. The number of rotatable bonds is 10. The fraction of sp³-hybridized carbons (Fsp3) is 0.133. The van der Waals surface area contributed by atoms with Crippen LogP contribution in [-0.2, 0) is 15.3 Å². The molecule has 12 heteroatoms. The average molecular weight is 641 g/mol. The van der Waals surface area contributed by atoms with Crippen molar-refractivity contribution in [2.45, 2.75) is 16.1 Å². The number of hydrogen-bond acceptors (Lipinski definition) is 9. The highest BCUT2D eigenvalue weighted by atomic mass is 35.5. The SMILES string of the molecule is C=CCOc1cccc(C2/C(=C(\O)c3ccc(OC)cc3)C(=O)C(=O)N2c2nnc(SCc3ccc(Cl)cc3Cl)s2)c1. The predicted molar refractivity (Wildman–Crippen MR) is 166 cm³/mol. The van der Waals surface area contributed by atoms with Gasteiger partial charge in [-0.1, -0.05) is 77.2 Å². The maximum absolute atomic E-state index is 13.5. The Morgan fingerprint density at radius 2 is 1.88 bits per heavy atom. The first-order valence-electron chi connectivity index (χ1n) is 12.5. The van der Waals surface area contributed by atoms with Gasteiger partial charge in [-0.05, 0) is 59.7 Å². The van der Waals surface area contributed by atoms with Crippen molar-refractivity contribution in [3.63, 3.8) is 0 Å². The van der Waals surface area contributed by atoms with Crippen molar-refractivity contribution in [3.05, 3.63) is 112 Å². The molecule has 0 bridgehead atoms. The quantitative estimate of drug-likeness (QED) is 0.0480. The minimum atomic E-state index is -0.990. The summed E-state index contributed by atoms with van der Waals surface area (Å²) in [7, 11) is 1.53. The third-order valence-electron chi connectivity index (χ3n) is 6.32. The van der Waals surface area contributed by atoms with Crippen molar-refractivity contribution >= 4 is 68.9 Å². The maximum Gasteiger partial charge on any atom is 0.301 e. The standard InChI is InChI=1S/C30H23Cl2N3O5S2/c1-3-13-40-22-6-4-5-18(14-22)25-24(26(36)17-8-11-21(39-2)12-9-17)27(37)28(38)35(25)29-33-34-30(42-29)41-16-19-7-10-20(31)15-23(19)32/h3-12,14-15,25,36H,1,13,16H2,2H3/b26-24+. The number of carbonyl (C=O) groups excluding carboxylic acids is 2. The van der Waals surface area contributed by atoms with Gasteiger partial charge in [0.2, 0.25) is 5.13 Å². The molecule has 1 saturated heterocycles. The third-order valence-corrected chi connectivity index (χ3v) is 9.01. The van der Waals surface area contributed by atoms with E-state index in [2.05, 4.69) is 16.8 Å². The van der Waals surface area contributed by atoms with Crippen LogP contribution in [0.1, 0.15) is 22.7 Å². The van der Waals surface area contributed by atoms with Gasteiger partial charge < -0.3 is 14.6 Å². The van der Waals surface area contributed by atoms with E-state index in [0.29, 0.717) is 42.8 Å². The zero-order valence-electron chi connectivity index (χ0n) is 22.1. The molecule has 0 spiro atoms. The van der Waals surface area contributed by atoms with Crippen LogP contribution >= 0.6 is 46.3 Å². The molecular weight excluding hydrogens is 617 g/mol. The van der Waals surface area contributed by atoms with E-state index < -0.39 is 17.7 Å². The van der Waals surface area contributed by atoms with E-state index in [4.69, 9.17) is 32.7 Å². The number of Topliss-reactive ketones (excluding diaryl/α,β-unsaturated/α-hetero) is 1. The van der Waals surface area contributed by atoms with Crippen LogP contribution in [0.25, 0.3) is 5.76 Å². The molecule has 5 rings (SSSR count). The molecule has 0 saturated carbocycles. The number of amides is 1. The lowest BCUT2D eigenvalue weighted by Gasteiger charge is -2.23. The predicted octanol–water partition coefficient (Wildman–Crippen LogP) is 7.34. The van der Waals surface area contributed by atoms with Crippen molar-refractivity contribution < 1.29 is 24.2 Å². The van der Waals surface area contributed by atoms with Gasteiger partial charge in [0.05, 0.1) is 18.7 Å². The molecule has 0 radical (unpaired) electrons. The molecule has 1 aliphatic rings. The summed E-state index contributed by atoms with van der Waals surface area (Å²) >= 11 is 14.9. The van der Waals surface area contributed by atoms with Gasteiger partial charge in [-0.15, -0.1) is 10.2 Å². The van der Waals surface area contributed by atoms with E-state index in [9.17, 15) is 14.7 Å². The lowest BCUT2D eigenvalue weighted by Crippen LogP contribution is -2.29. The molecule has 42 heavy (non-hydrogen) atoms. The molecule has 2 heterocycles. The summed E-state index contributed by atoms with van der Waals surface area (Å²) in [6, 6.07) is 17.8. The highest BCUT2D eigenvalue weighted by molar-refractivity contribution is 8.00. The topological polar surface area (TPSA) is 102 Å². The number of thioether (sulfide) groups is 1. The smallest absolute Gasteiger partial charge is 0.301 e. The first kappa shape index (κ1) is 29.7. The first-order chi connectivity index (χ1) is 20.3. The monoisotopic (exact) mass is 639 g/mol. The van der Waals surface area contributed by atoms with Crippen molar-refractivity contribution in [2.24, 2.45) is 0 Å². The van der Waals surface area contributed by atoms with Crippen LogP contribution in [0, 0.1) is 0 Å². The zero-order chi connectivity index (χ0) is 29.8. The minimum Gasteiger partial charge on any atom is -0.507 e. The van der Waals surface area contributed by atoms with Crippen molar-refractivity contribution in [1.29, 1.82) is 0 Å². The molecule has 1 amide bonds. The van der Waals surface area contributed by atoms with E-state index >= 15 is 0 Å². The van der Waals surface area contributed by atoms with E-state index in [1.807, 2.05) is 6.07 Å². The van der Waals surface area contributed by atoms with E-state index in [1.54, 1.807) is 66.7 Å². The molecule has 1 atom stereocenters. The van der Waals surface area contributed by atoms with Gasteiger partial charge in [-0.25, -0.2) is 0 Å². The molecule has 214 valence electrons. The van der Waals surface area contributed by atoms with Gasteiger partial charge in [0.15, 0.2) is 4.34 Å². The number of nitrogens with zero attached hydrogens (tertiary/aromatic N) is 3. The summed E-state index contributed by atoms with van der Waals surface area (Å²) in [5.41, 5.74) is 1.68. The number of methoxy groups -OCH3 is 1. The fourth-order valence-corrected chi connectivity index (χ4v) is 6.74. The highest BCUT2D eigenvalue weighted by Crippen LogP contribution is 2.45. The van der Waals surface area contributed by atoms with Gasteiger partial charge >= 0.3 is 5.91 Å². The molecule has 1 unspecified atom stereocenters. The van der Waals surface area contributed by atoms with Crippen LogP contribution in [0.5, 0.6) is 11.5 Å². The summed E-state index contributed by atoms with van der Waals surface area (Å²) in [5, 5.41) is 21.1. The molecule has 1 aliphatic heterocycles. The molecule has 1 N–H and O–H groups in total. The number of ether oxygens (including phenoxy) is 2. The van der Waals surface area contributed by atoms with Crippen molar-refractivity contribution in [1.82, 2.24) is 10.2 Å². The van der Waals surface area contributed by atoms with Crippen molar-refractivity contribution in [3.8, 4) is 11.5 Å². The summed E-state index contributed by atoms with van der Waals surface area (Å²) in [6.07, 6.45) is 1.61. The number of ketones is 1.